The van der Waals surface area contributed by atoms with Crippen LogP contribution in [-0.4, -0.2) is 36.7 Å². The zero-order chi connectivity index (χ0) is 13.0. The Balaban J connectivity index is 2.00. The minimum Gasteiger partial charge on any atom is -0.493 e. The lowest BCUT2D eigenvalue weighted by Gasteiger charge is -2.17. The summed E-state index contributed by atoms with van der Waals surface area (Å²) in [5, 5.41) is 8.40. The number of carboxylic acids is 1. The number of ether oxygens (including phenoxy) is 2. The minimum absolute atomic E-state index is 0.216. The first-order chi connectivity index (χ1) is 8.66. The molecule has 0 amide bonds. The molecule has 0 atom stereocenters. The van der Waals surface area contributed by atoms with Gasteiger partial charge in [-0.3, -0.25) is 4.79 Å². The van der Waals surface area contributed by atoms with Crippen molar-refractivity contribution < 1.29 is 24.2 Å². The molecule has 96 valence electrons. The molecule has 1 aromatic carbocycles. The van der Waals surface area contributed by atoms with Crippen molar-refractivity contribution in [3.05, 3.63) is 29.3 Å². The number of carbonyl (C=O) groups excluding carboxylic acids is 1. The van der Waals surface area contributed by atoms with Gasteiger partial charge in [0.2, 0.25) is 0 Å². The monoisotopic (exact) mass is 250 g/mol. The Kier molecular flexibility index (Phi) is 3.94. The van der Waals surface area contributed by atoms with Gasteiger partial charge in [-0.05, 0) is 36.6 Å². The van der Waals surface area contributed by atoms with E-state index in [1.807, 2.05) is 0 Å². The van der Waals surface area contributed by atoms with Crippen LogP contribution in [-0.2, 0) is 16.0 Å². The third-order valence-electron chi connectivity index (χ3n) is 2.69. The quantitative estimate of drug-likeness (QED) is 0.797. The van der Waals surface area contributed by atoms with Crippen molar-refractivity contribution in [2.75, 3.05) is 19.8 Å². The van der Waals surface area contributed by atoms with E-state index in [1.165, 1.54) is 0 Å². The van der Waals surface area contributed by atoms with Crippen molar-refractivity contribution in [1.29, 1.82) is 0 Å². The summed E-state index contributed by atoms with van der Waals surface area (Å²) in [6.07, 6.45) is 1.84. The van der Waals surface area contributed by atoms with Crippen molar-refractivity contribution >= 4 is 11.8 Å². The van der Waals surface area contributed by atoms with Gasteiger partial charge in [0.1, 0.15) is 19.0 Å². The highest BCUT2D eigenvalue weighted by molar-refractivity contribution is 5.97. The highest BCUT2D eigenvalue weighted by Gasteiger charge is 2.14. The van der Waals surface area contributed by atoms with E-state index in [4.69, 9.17) is 14.6 Å². The number of carbonyl (C=O) groups is 2. The van der Waals surface area contributed by atoms with Crippen molar-refractivity contribution in [3.63, 3.8) is 0 Å². The zero-order valence-corrected chi connectivity index (χ0v) is 9.85. The number of rotatable bonds is 5. The number of hydrogen-bond acceptors (Lipinski definition) is 4. The summed E-state index contributed by atoms with van der Waals surface area (Å²) in [7, 11) is 0. The molecule has 18 heavy (non-hydrogen) atoms. The summed E-state index contributed by atoms with van der Waals surface area (Å²) in [6, 6.07) is 5.25. The summed E-state index contributed by atoms with van der Waals surface area (Å²) in [6.45, 7) is 0.0355. The predicted octanol–water partition coefficient (Wildman–Crippen LogP) is 1.30. The Bertz CT molecular complexity index is 466. The smallest absolute Gasteiger partial charge is 0.329 e. The van der Waals surface area contributed by atoms with Gasteiger partial charge in [-0.15, -0.1) is 0 Å². The lowest BCUT2D eigenvalue weighted by molar-refractivity contribution is -0.141. The fraction of sp³-hybridized carbons (Fsp3) is 0.385. The Morgan fingerprint density at radius 3 is 2.94 bits per heavy atom. The highest BCUT2D eigenvalue weighted by atomic mass is 16.5. The highest BCUT2D eigenvalue weighted by Crippen LogP contribution is 2.25. The van der Waals surface area contributed by atoms with Crippen molar-refractivity contribution in [2.45, 2.75) is 12.8 Å². The number of aryl methyl sites for hydroxylation is 1. The first-order valence-corrected chi connectivity index (χ1v) is 5.75. The number of carboxylic acid groups (broad SMARTS) is 1. The van der Waals surface area contributed by atoms with Crippen LogP contribution in [0.5, 0.6) is 5.75 Å². The molecule has 1 aromatic rings. The van der Waals surface area contributed by atoms with Crippen LogP contribution in [0.25, 0.3) is 0 Å². The zero-order valence-electron chi connectivity index (χ0n) is 9.85. The number of ketones is 1. The molecule has 0 radical (unpaired) electrons. The molecule has 0 saturated heterocycles. The van der Waals surface area contributed by atoms with E-state index < -0.39 is 12.6 Å². The molecule has 0 spiro atoms. The summed E-state index contributed by atoms with van der Waals surface area (Å²) in [5.74, 6) is -0.476. The molecule has 5 nitrogen and oxygen atoms in total. The number of fused-ring (bicyclic) bond motifs is 1. The minimum atomic E-state index is -1.08. The summed E-state index contributed by atoms with van der Waals surface area (Å²) >= 11 is 0. The maximum atomic E-state index is 11.8. The first-order valence-electron chi connectivity index (χ1n) is 5.75. The van der Waals surface area contributed by atoms with E-state index in [0.717, 1.165) is 24.2 Å². The summed E-state index contributed by atoms with van der Waals surface area (Å²) < 4.78 is 10.2. The normalized spacial score (nSPS) is 13.6. The van der Waals surface area contributed by atoms with Crippen molar-refractivity contribution in [3.8, 4) is 5.75 Å². The molecule has 1 aliphatic rings. The van der Waals surface area contributed by atoms with Crippen molar-refractivity contribution in [2.24, 2.45) is 0 Å². The van der Waals surface area contributed by atoms with Crippen LogP contribution in [0.1, 0.15) is 22.3 Å². The average Bonchev–Trinajstić information content (AvgIpc) is 2.37. The van der Waals surface area contributed by atoms with Gasteiger partial charge < -0.3 is 14.6 Å². The Labute approximate surface area is 104 Å². The standard InChI is InChI=1S/C13H14O5/c14-11(7-17-8-13(15)16)9-3-4-12-10(6-9)2-1-5-18-12/h3-4,6H,1-2,5,7-8H2,(H,15,16). The predicted molar refractivity (Wildman–Crippen MR) is 63.0 cm³/mol. The molecule has 0 unspecified atom stereocenters. The van der Waals surface area contributed by atoms with Crippen LogP contribution in [0.3, 0.4) is 0 Å². The van der Waals surface area contributed by atoms with Crippen LogP contribution in [0.2, 0.25) is 0 Å². The summed E-state index contributed by atoms with van der Waals surface area (Å²) in [5.41, 5.74) is 1.55. The first kappa shape index (κ1) is 12.6. The molecule has 5 heteroatoms. The van der Waals surface area contributed by atoms with E-state index in [0.29, 0.717) is 12.2 Å². The third-order valence-corrected chi connectivity index (χ3v) is 2.69. The van der Waals surface area contributed by atoms with E-state index in [-0.39, 0.29) is 12.4 Å². The maximum absolute atomic E-state index is 11.8. The molecule has 0 fully saturated rings. The van der Waals surface area contributed by atoms with Gasteiger partial charge in [0, 0.05) is 5.56 Å². The number of aliphatic carboxylic acids is 1. The van der Waals surface area contributed by atoms with E-state index >= 15 is 0 Å². The lowest BCUT2D eigenvalue weighted by Crippen LogP contribution is -2.15. The van der Waals surface area contributed by atoms with Gasteiger partial charge in [-0.25, -0.2) is 4.79 Å². The largest absolute Gasteiger partial charge is 0.493 e. The van der Waals surface area contributed by atoms with Gasteiger partial charge in [-0.2, -0.15) is 0 Å². The molecular weight excluding hydrogens is 236 g/mol. The SMILES string of the molecule is O=C(O)COCC(=O)c1ccc2c(c1)CCCO2. The third kappa shape index (κ3) is 3.07. The van der Waals surface area contributed by atoms with Gasteiger partial charge in [-0.1, -0.05) is 0 Å². The van der Waals surface area contributed by atoms with Crippen molar-refractivity contribution in [1.82, 2.24) is 0 Å². The van der Waals surface area contributed by atoms with Gasteiger partial charge in [0.05, 0.1) is 6.61 Å². The molecule has 0 aliphatic carbocycles. The number of benzene rings is 1. The second-order valence-corrected chi connectivity index (χ2v) is 4.08. The number of Topliss-reactive ketones (excluding diaryl/α,β-unsaturated/α-hetero) is 1. The molecule has 1 aliphatic heterocycles. The molecule has 0 aromatic heterocycles. The van der Waals surface area contributed by atoms with Gasteiger partial charge in [0.15, 0.2) is 5.78 Å². The molecule has 2 rings (SSSR count). The van der Waals surface area contributed by atoms with Crippen LogP contribution in [0.4, 0.5) is 0 Å². The lowest BCUT2D eigenvalue weighted by atomic mass is 10.0. The van der Waals surface area contributed by atoms with E-state index in [1.54, 1.807) is 18.2 Å². The molecular formula is C13H14O5. The van der Waals surface area contributed by atoms with Crippen LogP contribution < -0.4 is 4.74 Å². The second kappa shape index (κ2) is 5.64. The average molecular weight is 250 g/mol. The number of hydrogen-bond donors (Lipinski definition) is 1. The Morgan fingerprint density at radius 1 is 1.33 bits per heavy atom. The van der Waals surface area contributed by atoms with E-state index in [2.05, 4.69) is 0 Å². The maximum Gasteiger partial charge on any atom is 0.329 e. The topological polar surface area (TPSA) is 72.8 Å². The molecule has 1 heterocycles. The van der Waals surface area contributed by atoms with Crippen LogP contribution >= 0.6 is 0 Å². The molecule has 0 bridgehead atoms. The fourth-order valence-electron chi connectivity index (χ4n) is 1.85. The van der Waals surface area contributed by atoms with Crippen LogP contribution in [0.15, 0.2) is 18.2 Å². The Hall–Kier alpha value is -1.88. The van der Waals surface area contributed by atoms with E-state index in [9.17, 15) is 9.59 Å². The van der Waals surface area contributed by atoms with Gasteiger partial charge >= 0.3 is 5.97 Å². The molecule has 0 saturated carbocycles. The summed E-state index contributed by atoms with van der Waals surface area (Å²) in [4.78, 5) is 22.0. The van der Waals surface area contributed by atoms with Crippen LogP contribution in [0, 0.1) is 0 Å². The molecule has 1 N–H and O–H groups in total. The Morgan fingerprint density at radius 2 is 2.17 bits per heavy atom. The fourth-order valence-corrected chi connectivity index (χ4v) is 1.85. The second-order valence-electron chi connectivity index (χ2n) is 4.08. The van der Waals surface area contributed by atoms with Gasteiger partial charge in [0.25, 0.3) is 0 Å².